The lowest BCUT2D eigenvalue weighted by Gasteiger charge is -2.10. The molecule has 0 saturated heterocycles. The number of hydrogen-bond donors (Lipinski definition) is 3. The zero-order chi connectivity index (χ0) is 14.3. The van der Waals surface area contributed by atoms with Crippen molar-refractivity contribution in [3.05, 3.63) is 28.8 Å². The van der Waals surface area contributed by atoms with Crippen LogP contribution in [0.2, 0.25) is 5.02 Å². The van der Waals surface area contributed by atoms with E-state index < -0.39 is 10.2 Å². The van der Waals surface area contributed by atoms with E-state index in [1.807, 2.05) is 6.92 Å². The van der Waals surface area contributed by atoms with Crippen LogP contribution in [0.1, 0.15) is 18.9 Å². The number of hydrogen-bond acceptors (Lipinski definition) is 3. The summed E-state index contributed by atoms with van der Waals surface area (Å²) in [5, 5.41) is 9.12. The van der Waals surface area contributed by atoms with Crippen molar-refractivity contribution in [1.29, 1.82) is 0 Å². The van der Waals surface area contributed by atoms with Crippen LogP contribution < -0.4 is 9.44 Å². The summed E-state index contributed by atoms with van der Waals surface area (Å²) in [6.45, 7) is 1.90. The van der Waals surface area contributed by atoms with E-state index >= 15 is 0 Å². The lowest BCUT2D eigenvalue weighted by atomic mass is 10.2. The van der Waals surface area contributed by atoms with Crippen LogP contribution in [0.5, 0.6) is 0 Å². The van der Waals surface area contributed by atoms with Gasteiger partial charge in [-0.2, -0.15) is 13.1 Å². The summed E-state index contributed by atoms with van der Waals surface area (Å²) in [6.07, 6.45) is 0.693. The molecule has 0 aliphatic carbocycles. The second kappa shape index (κ2) is 7.36. The fourth-order valence-corrected chi connectivity index (χ4v) is 2.45. The molecule has 1 rings (SSSR count). The maximum Gasteiger partial charge on any atom is 0.299 e. The van der Waals surface area contributed by atoms with Crippen molar-refractivity contribution in [3.8, 4) is 11.8 Å². The summed E-state index contributed by atoms with van der Waals surface area (Å²) < 4.78 is 28.2. The lowest BCUT2D eigenvalue weighted by Crippen LogP contribution is -2.30. The van der Waals surface area contributed by atoms with Crippen molar-refractivity contribution in [3.63, 3.8) is 0 Å². The van der Waals surface area contributed by atoms with E-state index in [0.29, 0.717) is 29.2 Å². The SMILES string of the molecule is CCCNS(=O)(=O)Nc1ccc(Cl)cc1C#CCO. The van der Waals surface area contributed by atoms with E-state index in [2.05, 4.69) is 21.3 Å². The van der Waals surface area contributed by atoms with Crippen molar-refractivity contribution in [1.82, 2.24) is 4.72 Å². The van der Waals surface area contributed by atoms with Crippen LogP contribution in [0.4, 0.5) is 5.69 Å². The quantitative estimate of drug-likeness (QED) is 0.718. The molecular formula is C12H15ClN2O3S. The largest absolute Gasteiger partial charge is 0.384 e. The zero-order valence-electron chi connectivity index (χ0n) is 10.4. The number of nitrogens with one attached hydrogen (secondary N) is 2. The van der Waals surface area contributed by atoms with Crippen LogP contribution in [0.3, 0.4) is 0 Å². The van der Waals surface area contributed by atoms with Gasteiger partial charge in [0.15, 0.2) is 0 Å². The minimum Gasteiger partial charge on any atom is -0.384 e. The van der Waals surface area contributed by atoms with Gasteiger partial charge in [-0.15, -0.1) is 0 Å². The third-order valence-corrected chi connectivity index (χ3v) is 3.38. The normalized spacial score (nSPS) is 10.7. The predicted octanol–water partition coefficient (Wildman–Crippen LogP) is 1.34. The van der Waals surface area contributed by atoms with Crippen molar-refractivity contribution < 1.29 is 13.5 Å². The zero-order valence-corrected chi connectivity index (χ0v) is 12.0. The molecule has 104 valence electrons. The molecule has 0 bridgehead atoms. The van der Waals surface area contributed by atoms with E-state index in [1.165, 1.54) is 12.1 Å². The van der Waals surface area contributed by atoms with Gasteiger partial charge >= 0.3 is 0 Å². The fourth-order valence-electron chi connectivity index (χ4n) is 1.26. The van der Waals surface area contributed by atoms with Gasteiger partial charge in [0.25, 0.3) is 10.2 Å². The lowest BCUT2D eigenvalue weighted by molar-refractivity contribution is 0.350. The Kier molecular flexibility index (Phi) is 6.12. The Balaban J connectivity index is 3.00. The van der Waals surface area contributed by atoms with E-state index in [9.17, 15) is 8.42 Å². The minimum absolute atomic E-state index is 0.313. The minimum atomic E-state index is -3.63. The third-order valence-electron chi connectivity index (χ3n) is 2.07. The summed E-state index contributed by atoms with van der Waals surface area (Å²) in [6, 6.07) is 4.61. The average Bonchev–Trinajstić information content (AvgIpc) is 2.36. The molecule has 1 aromatic rings. The summed E-state index contributed by atoms with van der Waals surface area (Å²) >= 11 is 5.83. The van der Waals surface area contributed by atoms with Crippen LogP contribution in [0, 0.1) is 11.8 Å². The molecule has 19 heavy (non-hydrogen) atoms. The summed E-state index contributed by atoms with van der Waals surface area (Å²) in [7, 11) is -3.63. The van der Waals surface area contributed by atoms with E-state index in [0.717, 1.165) is 0 Å². The molecule has 0 saturated carbocycles. The number of halogens is 1. The molecule has 0 unspecified atom stereocenters. The Morgan fingerprint density at radius 2 is 2.16 bits per heavy atom. The molecule has 7 heteroatoms. The smallest absolute Gasteiger partial charge is 0.299 e. The Morgan fingerprint density at radius 3 is 2.79 bits per heavy atom. The Morgan fingerprint density at radius 1 is 1.42 bits per heavy atom. The maximum absolute atomic E-state index is 11.7. The highest BCUT2D eigenvalue weighted by molar-refractivity contribution is 7.90. The first-order valence-electron chi connectivity index (χ1n) is 5.65. The molecule has 0 heterocycles. The molecule has 5 nitrogen and oxygen atoms in total. The summed E-state index contributed by atoms with van der Waals surface area (Å²) in [5.41, 5.74) is 0.720. The second-order valence-corrected chi connectivity index (χ2v) is 5.59. The van der Waals surface area contributed by atoms with Crippen molar-refractivity contribution in [2.45, 2.75) is 13.3 Å². The van der Waals surface area contributed by atoms with Gasteiger partial charge in [-0.25, -0.2) is 0 Å². The van der Waals surface area contributed by atoms with Crippen molar-refractivity contribution in [2.24, 2.45) is 0 Å². The molecule has 0 aliphatic heterocycles. The highest BCUT2D eigenvalue weighted by Gasteiger charge is 2.11. The van der Waals surface area contributed by atoms with Gasteiger partial charge < -0.3 is 5.11 Å². The van der Waals surface area contributed by atoms with Crippen LogP contribution in [0.25, 0.3) is 0 Å². The van der Waals surface area contributed by atoms with E-state index in [-0.39, 0.29) is 6.61 Å². The van der Waals surface area contributed by atoms with Gasteiger partial charge in [0, 0.05) is 11.6 Å². The number of benzene rings is 1. The van der Waals surface area contributed by atoms with Crippen molar-refractivity contribution >= 4 is 27.5 Å². The van der Waals surface area contributed by atoms with Gasteiger partial charge in [-0.1, -0.05) is 30.4 Å². The van der Waals surface area contributed by atoms with E-state index in [4.69, 9.17) is 16.7 Å². The van der Waals surface area contributed by atoms with Gasteiger partial charge in [-0.05, 0) is 24.6 Å². The standard InChI is InChI=1S/C12H15ClN2O3S/c1-2-7-14-19(17,18)15-12-6-5-11(13)9-10(12)4-3-8-16/h5-6,9,14-16H,2,7-8H2,1H3. The number of aliphatic hydroxyl groups excluding tert-OH is 1. The number of anilines is 1. The molecule has 0 spiro atoms. The summed E-state index contributed by atoms with van der Waals surface area (Å²) in [5.74, 6) is 5.10. The average molecular weight is 303 g/mol. The monoisotopic (exact) mass is 302 g/mol. The van der Waals surface area contributed by atoms with Gasteiger partial charge in [0.05, 0.1) is 11.3 Å². The number of rotatable bonds is 5. The first kappa shape index (κ1) is 15.8. The molecule has 0 aliphatic rings. The highest BCUT2D eigenvalue weighted by Crippen LogP contribution is 2.20. The van der Waals surface area contributed by atoms with Gasteiger partial charge in [0.1, 0.15) is 6.61 Å². The molecule has 1 aromatic carbocycles. The molecule has 0 fully saturated rings. The molecule has 0 atom stereocenters. The van der Waals surface area contributed by atoms with Crippen LogP contribution in [-0.2, 0) is 10.2 Å². The molecule has 0 aromatic heterocycles. The predicted molar refractivity (Wildman–Crippen MR) is 76.3 cm³/mol. The fraction of sp³-hybridized carbons (Fsp3) is 0.333. The van der Waals surface area contributed by atoms with E-state index in [1.54, 1.807) is 6.07 Å². The molecule has 0 amide bonds. The Bertz CT molecular complexity index is 591. The third kappa shape index (κ3) is 5.49. The first-order valence-corrected chi connectivity index (χ1v) is 7.51. The van der Waals surface area contributed by atoms with Crippen LogP contribution in [0.15, 0.2) is 18.2 Å². The first-order chi connectivity index (χ1) is 8.98. The summed E-state index contributed by atoms with van der Waals surface area (Å²) in [4.78, 5) is 0. The maximum atomic E-state index is 11.7. The Labute approximate surface area is 118 Å². The second-order valence-electron chi connectivity index (χ2n) is 3.65. The molecule has 0 radical (unpaired) electrons. The van der Waals surface area contributed by atoms with Crippen LogP contribution >= 0.6 is 11.6 Å². The Hall–Kier alpha value is -1.26. The van der Waals surface area contributed by atoms with Gasteiger partial charge in [-0.3, -0.25) is 4.72 Å². The molecular weight excluding hydrogens is 288 g/mol. The van der Waals surface area contributed by atoms with Crippen molar-refractivity contribution in [2.75, 3.05) is 17.9 Å². The van der Waals surface area contributed by atoms with Crippen LogP contribution in [-0.4, -0.2) is 26.7 Å². The topological polar surface area (TPSA) is 78.4 Å². The van der Waals surface area contributed by atoms with Gasteiger partial charge in [0.2, 0.25) is 0 Å². The molecule has 3 N–H and O–H groups in total. The highest BCUT2D eigenvalue weighted by atomic mass is 35.5. The number of aliphatic hydroxyl groups is 1.